The van der Waals surface area contributed by atoms with Crippen LogP contribution in [0.15, 0.2) is 30.9 Å². The van der Waals surface area contributed by atoms with Gasteiger partial charge in [-0.1, -0.05) is 12.1 Å². The fraction of sp³-hybridized carbons (Fsp3) is 0.357. The Bertz CT molecular complexity index is 461. The minimum absolute atomic E-state index is 0.0373. The van der Waals surface area contributed by atoms with Crippen LogP contribution in [0.5, 0.6) is 11.5 Å². The van der Waals surface area contributed by atoms with Crippen LogP contribution in [0, 0.1) is 0 Å². The first kappa shape index (κ1) is 15.8. The number of methoxy groups -OCH3 is 1. The van der Waals surface area contributed by atoms with Crippen molar-refractivity contribution in [3.63, 3.8) is 0 Å². The second kappa shape index (κ2) is 8.06. The van der Waals surface area contributed by atoms with E-state index in [2.05, 4.69) is 11.3 Å². The van der Waals surface area contributed by atoms with E-state index < -0.39 is 12.2 Å². The molecule has 1 rings (SSSR count). The van der Waals surface area contributed by atoms with E-state index in [1.807, 2.05) is 12.1 Å². The predicted octanol–water partition coefficient (Wildman–Crippen LogP) is 1.26. The summed E-state index contributed by atoms with van der Waals surface area (Å²) in [6, 6.07) is 5.47. The first-order valence-electron chi connectivity index (χ1n) is 6.07. The normalized spacial score (nSPS) is 11.5. The van der Waals surface area contributed by atoms with E-state index in [1.165, 1.54) is 7.11 Å². The molecule has 0 radical (unpaired) electrons. The molecule has 3 N–H and O–H groups in total. The van der Waals surface area contributed by atoms with Crippen LogP contribution < -0.4 is 15.2 Å². The topological polar surface area (TPSA) is 91.0 Å². The third-order valence-electron chi connectivity index (χ3n) is 2.46. The lowest BCUT2D eigenvalue weighted by atomic mass is 10.1. The van der Waals surface area contributed by atoms with Crippen LogP contribution in [0.25, 0.3) is 0 Å². The maximum absolute atomic E-state index is 10.4. The van der Waals surface area contributed by atoms with Crippen molar-refractivity contribution in [2.24, 2.45) is 5.73 Å². The molecule has 0 spiro atoms. The average Bonchev–Trinajstić information content (AvgIpc) is 2.43. The number of rotatable bonds is 8. The minimum Gasteiger partial charge on any atom is -0.493 e. The van der Waals surface area contributed by atoms with Gasteiger partial charge in [-0.25, -0.2) is 4.79 Å². The van der Waals surface area contributed by atoms with E-state index in [9.17, 15) is 9.90 Å². The standard InChI is InChI=1S/C14H19NO5/c1-3-4-10-5-6-12(13(7-10)18-2)19-8-11(16)9-20-14(15)17/h3,5-7,11,16H,1,4,8-9H2,2H3,(H2,15,17). The third-order valence-corrected chi connectivity index (χ3v) is 2.46. The van der Waals surface area contributed by atoms with E-state index in [1.54, 1.807) is 12.1 Å². The van der Waals surface area contributed by atoms with Crippen molar-refractivity contribution in [2.75, 3.05) is 20.3 Å². The molecule has 0 aromatic heterocycles. The Morgan fingerprint density at radius 3 is 2.80 bits per heavy atom. The minimum atomic E-state index is -0.958. The summed E-state index contributed by atoms with van der Waals surface area (Å²) in [5, 5.41) is 9.55. The molecule has 0 saturated carbocycles. The third kappa shape index (κ3) is 5.19. The Hall–Kier alpha value is -2.21. The molecule has 1 unspecified atom stereocenters. The summed E-state index contributed by atoms with van der Waals surface area (Å²) >= 11 is 0. The van der Waals surface area contributed by atoms with Gasteiger partial charge in [0.15, 0.2) is 11.5 Å². The monoisotopic (exact) mass is 281 g/mol. The number of hydrogen-bond acceptors (Lipinski definition) is 5. The summed E-state index contributed by atoms with van der Waals surface area (Å²) in [7, 11) is 1.53. The van der Waals surface area contributed by atoms with E-state index in [0.29, 0.717) is 11.5 Å². The van der Waals surface area contributed by atoms with Gasteiger partial charge in [0.05, 0.1) is 7.11 Å². The number of aliphatic hydroxyl groups is 1. The highest BCUT2D eigenvalue weighted by Crippen LogP contribution is 2.28. The quantitative estimate of drug-likeness (QED) is 0.700. The fourth-order valence-corrected chi connectivity index (χ4v) is 1.54. The summed E-state index contributed by atoms with van der Waals surface area (Å²) in [5.74, 6) is 1.06. The highest BCUT2D eigenvalue weighted by Gasteiger charge is 2.10. The smallest absolute Gasteiger partial charge is 0.404 e. The van der Waals surface area contributed by atoms with Gasteiger partial charge >= 0.3 is 6.09 Å². The fourth-order valence-electron chi connectivity index (χ4n) is 1.54. The zero-order valence-corrected chi connectivity index (χ0v) is 11.4. The number of carbonyl (C=O) groups excluding carboxylic acids is 1. The first-order valence-corrected chi connectivity index (χ1v) is 6.07. The molecule has 0 heterocycles. The molecule has 6 nitrogen and oxygen atoms in total. The summed E-state index contributed by atoms with van der Waals surface area (Å²) in [5.41, 5.74) is 5.84. The van der Waals surface area contributed by atoms with Crippen LogP contribution >= 0.6 is 0 Å². The van der Waals surface area contributed by atoms with E-state index in [0.717, 1.165) is 12.0 Å². The average molecular weight is 281 g/mol. The molecule has 1 aromatic rings. The molecular formula is C14H19NO5. The number of hydrogen-bond donors (Lipinski definition) is 2. The van der Waals surface area contributed by atoms with E-state index in [4.69, 9.17) is 15.2 Å². The number of aliphatic hydroxyl groups excluding tert-OH is 1. The Balaban J connectivity index is 2.58. The van der Waals surface area contributed by atoms with Crippen LogP contribution in [0.1, 0.15) is 5.56 Å². The van der Waals surface area contributed by atoms with Crippen molar-refractivity contribution in [3.05, 3.63) is 36.4 Å². The van der Waals surface area contributed by atoms with E-state index in [-0.39, 0.29) is 13.2 Å². The second-order valence-electron chi connectivity index (χ2n) is 4.07. The summed E-state index contributed by atoms with van der Waals surface area (Å²) < 4.78 is 15.1. The number of nitrogens with two attached hydrogens (primary N) is 1. The SMILES string of the molecule is C=CCc1ccc(OCC(O)COC(N)=O)c(OC)c1. The number of ether oxygens (including phenoxy) is 3. The molecule has 0 fully saturated rings. The van der Waals surface area contributed by atoms with Crippen LogP contribution in [-0.4, -0.2) is 37.6 Å². The van der Waals surface area contributed by atoms with Crippen molar-refractivity contribution >= 4 is 6.09 Å². The van der Waals surface area contributed by atoms with Crippen molar-refractivity contribution in [2.45, 2.75) is 12.5 Å². The summed E-state index contributed by atoms with van der Waals surface area (Å²) in [6.07, 6.45) is 0.627. The van der Waals surface area contributed by atoms with Gasteiger partial charge in [-0.15, -0.1) is 6.58 Å². The van der Waals surface area contributed by atoms with Gasteiger partial charge in [0.2, 0.25) is 0 Å². The summed E-state index contributed by atoms with van der Waals surface area (Å²) in [4.78, 5) is 10.4. The molecule has 0 saturated heterocycles. The Kier molecular flexibility index (Phi) is 6.39. The molecule has 1 amide bonds. The summed E-state index contributed by atoms with van der Waals surface area (Å²) in [6.45, 7) is 3.42. The van der Waals surface area contributed by atoms with Gasteiger partial charge < -0.3 is 25.1 Å². The van der Waals surface area contributed by atoms with E-state index >= 15 is 0 Å². The van der Waals surface area contributed by atoms with Gasteiger partial charge in [0.1, 0.15) is 19.3 Å². The lowest BCUT2D eigenvalue weighted by Crippen LogP contribution is -2.27. The number of primary amides is 1. The zero-order valence-electron chi connectivity index (χ0n) is 11.4. The highest BCUT2D eigenvalue weighted by molar-refractivity contribution is 5.64. The maximum atomic E-state index is 10.4. The molecule has 0 aliphatic carbocycles. The van der Waals surface area contributed by atoms with Crippen molar-refractivity contribution in [3.8, 4) is 11.5 Å². The Labute approximate surface area is 117 Å². The Morgan fingerprint density at radius 2 is 2.20 bits per heavy atom. The number of allylic oxidation sites excluding steroid dienone is 1. The molecule has 1 atom stereocenters. The molecule has 6 heteroatoms. The van der Waals surface area contributed by atoms with Crippen molar-refractivity contribution in [1.82, 2.24) is 0 Å². The van der Waals surface area contributed by atoms with Crippen LogP contribution in [0.3, 0.4) is 0 Å². The van der Waals surface area contributed by atoms with Gasteiger partial charge in [0.25, 0.3) is 0 Å². The first-order chi connectivity index (χ1) is 9.56. The molecular weight excluding hydrogens is 262 g/mol. The molecule has 0 bridgehead atoms. The highest BCUT2D eigenvalue weighted by atomic mass is 16.6. The Morgan fingerprint density at radius 1 is 1.45 bits per heavy atom. The predicted molar refractivity (Wildman–Crippen MR) is 73.9 cm³/mol. The van der Waals surface area contributed by atoms with Gasteiger partial charge in [-0.05, 0) is 24.1 Å². The van der Waals surface area contributed by atoms with Crippen LogP contribution in [0.2, 0.25) is 0 Å². The van der Waals surface area contributed by atoms with Crippen LogP contribution in [0.4, 0.5) is 4.79 Å². The molecule has 0 aliphatic rings. The number of amides is 1. The van der Waals surface area contributed by atoms with Gasteiger partial charge in [-0.2, -0.15) is 0 Å². The van der Waals surface area contributed by atoms with Crippen molar-refractivity contribution in [1.29, 1.82) is 0 Å². The number of carbonyl (C=O) groups is 1. The van der Waals surface area contributed by atoms with Gasteiger partial charge in [0, 0.05) is 0 Å². The van der Waals surface area contributed by atoms with Crippen LogP contribution in [-0.2, 0) is 11.2 Å². The largest absolute Gasteiger partial charge is 0.493 e. The second-order valence-corrected chi connectivity index (χ2v) is 4.07. The lowest BCUT2D eigenvalue weighted by Gasteiger charge is -2.14. The lowest BCUT2D eigenvalue weighted by molar-refractivity contribution is 0.0413. The molecule has 1 aromatic carbocycles. The zero-order chi connectivity index (χ0) is 15.0. The molecule has 20 heavy (non-hydrogen) atoms. The number of benzene rings is 1. The molecule has 0 aliphatic heterocycles. The van der Waals surface area contributed by atoms with Crippen molar-refractivity contribution < 1.29 is 24.1 Å². The van der Waals surface area contributed by atoms with Gasteiger partial charge in [-0.3, -0.25) is 0 Å². The molecule has 110 valence electrons. The maximum Gasteiger partial charge on any atom is 0.404 e.